The van der Waals surface area contributed by atoms with Crippen molar-refractivity contribution >= 4 is 29.0 Å². The summed E-state index contributed by atoms with van der Waals surface area (Å²) in [6.45, 7) is 5.47. The van der Waals surface area contributed by atoms with Crippen LogP contribution in [0, 0.1) is 13.8 Å². The van der Waals surface area contributed by atoms with E-state index in [1.807, 2.05) is 32.0 Å². The number of halogens is 1. The van der Waals surface area contributed by atoms with E-state index < -0.39 is 0 Å². The topological polar surface area (TPSA) is 55.4 Å². The van der Waals surface area contributed by atoms with Gasteiger partial charge >= 0.3 is 0 Å². The number of rotatable bonds is 6. The van der Waals surface area contributed by atoms with E-state index in [1.165, 1.54) is 0 Å². The Labute approximate surface area is 146 Å². The van der Waals surface area contributed by atoms with Gasteiger partial charge in [-0.05, 0) is 49.2 Å². The van der Waals surface area contributed by atoms with Crippen LogP contribution in [0.3, 0.4) is 0 Å². The number of benzene rings is 2. The van der Waals surface area contributed by atoms with Crippen molar-refractivity contribution in [2.45, 2.75) is 27.2 Å². The lowest BCUT2D eigenvalue weighted by Crippen LogP contribution is -2.21. The molecule has 0 fully saturated rings. The van der Waals surface area contributed by atoms with Gasteiger partial charge < -0.3 is 10.1 Å². The standard InChI is InChI=1S/C19H20ClNO3/c1-4-17(22)15-10-14(20)7-8-18(15)24-11-19(23)21-16-9-12(2)5-6-13(16)3/h5-10H,4,11H2,1-3H3,(H,21,23). The van der Waals surface area contributed by atoms with E-state index in [4.69, 9.17) is 16.3 Å². The highest BCUT2D eigenvalue weighted by atomic mass is 35.5. The summed E-state index contributed by atoms with van der Waals surface area (Å²) in [4.78, 5) is 24.1. The van der Waals surface area contributed by atoms with Crippen LogP contribution in [0.25, 0.3) is 0 Å². The molecule has 1 N–H and O–H groups in total. The monoisotopic (exact) mass is 345 g/mol. The Morgan fingerprint density at radius 1 is 1.12 bits per heavy atom. The number of ether oxygens (including phenoxy) is 1. The van der Waals surface area contributed by atoms with E-state index in [0.29, 0.717) is 22.8 Å². The molecule has 0 spiro atoms. The molecule has 2 aromatic rings. The molecule has 5 heteroatoms. The maximum atomic E-state index is 12.1. The summed E-state index contributed by atoms with van der Waals surface area (Å²) in [7, 11) is 0. The molecule has 0 atom stereocenters. The Kier molecular flexibility index (Phi) is 5.99. The molecule has 24 heavy (non-hydrogen) atoms. The van der Waals surface area contributed by atoms with Crippen LogP contribution in [0.15, 0.2) is 36.4 Å². The van der Waals surface area contributed by atoms with Crippen LogP contribution in [0.5, 0.6) is 5.75 Å². The SMILES string of the molecule is CCC(=O)c1cc(Cl)ccc1OCC(=O)Nc1cc(C)ccc1C. The lowest BCUT2D eigenvalue weighted by molar-refractivity contribution is -0.118. The summed E-state index contributed by atoms with van der Waals surface area (Å²) in [6, 6.07) is 10.6. The molecule has 0 saturated carbocycles. The zero-order valence-electron chi connectivity index (χ0n) is 14.0. The van der Waals surface area contributed by atoms with Crippen LogP contribution in [0.4, 0.5) is 5.69 Å². The van der Waals surface area contributed by atoms with Gasteiger partial charge in [0.1, 0.15) is 5.75 Å². The molecule has 0 bridgehead atoms. The molecule has 0 heterocycles. The van der Waals surface area contributed by atoms with Crippen LogP contribution in [0.2, 0.25) is 5.02 Å². The van der Waals surface area contributed by atoms with Crippen LogP contribution < -0.4 is 10.1 Å². The maximum Gasteiger partial charge on any atom is 0.262 e. The average molecular weight is 346 g/mol. The average Bonchev–Trinajstić information content (AvgIpc) is 2.56. The highest BCUT2D eigenvalue weighted by Gasteiger charge is 2.13. The molecule has 0 unspecified atom stereocenters. The van der Waals surface area contributed by atoms with E-state index in [1.54, 1.807) is 25.1 Å². The first-order valence-electron chi connectivity index (χ1n) is 7.73. The fourth-order valence-corrected chi connectivity index (χ4v) is 2.41. The van der Waals surface area contributed by atoms with Crippen LogP contribution >= 0.6 is 11.6 Å². The van der Waals surface area contributed by atoms with Crippen LogP contribution in [-0.4, -0.2) is 18.3 Å². The summed E-state index contributed by atoms with van der Waals surface area (Å²) in [5.41, 5.74) is 3.18. The van der Waals surface area contributed by atoms with Crippen molar-refractivity contribution in [1.82, 2.24) is 0 Å². The zero-order valence-corrected chi connectivity index (χ0v) is 14.7. The molecule has 126 valence electrons. The second kappa shape index (κ2) is 7.97. The fourth-order valence-electron chi connectivity index (χ4n) is 2.24. The number of ketones is 1. The third-order valence-electron chi connectivity index (χ3n) is 3.59. The summed E-state index contributed by atoms with van der Waals surface area (Å²) in [5.74, 6) is -0.00153. The van der Waals surface area contributed by atoms with Crippen molar-refractivity contribution in [3.63, 3.8) is 0 Å². The third kappa shape index (κ3) is 4.59. The lowest BCUT2D eigenvalue weighted by Gasteiger charge is -2.12. The summed E-state index contributed by atoms with van der Waals surface area (Å²) < 4.78 is 5.53. The Balaban J connectivity index is 2.07. The first-order chi connectivity index (χ1) is 11.4. The highest BCUT2D eigenvalue weighted by molar-refractivity contribution is 6.31. The lowest BCUT2D eigenvalue weighted by atomic mass is 10.1. The van der Waals surface area contributed by atoms with Gasteiger partial charge in [-0.1, -0.05) is 30.7 Å². The van der Waals surface area contributed by atoms with Gasteiger partial charge in [0.15, 0.2) is 12.4 Å². The number of aryl methyl sites for hydroxylation is 2. The second-order valence-corrected chi connectivity index (χ2v) is 6.01. The minimum Gasteiger partial charge on any atom is -0.483 e. The first kappa shape index (κ1) is 18.0. The minimum atomic E-state index is -0.284. The molecule has 4 nitrogen and oxygen atoms in total. The number of carbonyl (C=O) groups is 2. The Hall–Kier alpha value is -2.33. The normalized spacial score (nSPS) is 10.3. The third-order valence-corrected chi connectivity index (χ3v) is 3.82. The number of hydrogen-bond donors (Lipinski definition) is 1. The van der Waals surface area contributed by atoms with Crippen LogP contribution in [0.1, 0.15) is 34.8 Å². The predicted molar refractivity (Wildman–Crippen MR) is 96.1 cm³/mol. The number of amides is 1. The molecule has 0 aliphatic rings. The minimum absolute atomic E-state index is 0.0811. The molecule has 0 aliphatic heterocycles. The number of carbonyl (C=O) groups excluding carboxylic acids is 2. The second-order valence-electron chi connectivity index (χ2n) is 5.57. The number of Topliss-reactive ketones (excluding diaryl/α,β-unsaturated/α-hetero) is 1. The zero-order chi connectivity index (χ0) is 17.7. The number of hydrogen-bond acceptors (Lipinski definition) is 3. The van der Waals surface area contributed by atoms with Crippen molar-refractivity contribution in [3.8, 4) is 5.75 Å². The fraction of sp³-hybridized carbons (Fsp3) is 0.263. The molecular weight excluding hydrogens is 326 g/mol. The molecule has 2 aromatic carbocycles. The summed E-state index contributed by atoms with van der Waals surface area (Å²) >= 11 is 5.93. The molecule has 0 aliphatic carbocycles. The highest BCUT2D eigenvalue weighted by Crippen LogP contribution is 2.24. The predicted octanol–water partition coefficient (Wildman–Crippen LogP) is 4.57. The summed E-state index contributed by atoms with van der Waals surface area (Å²) in [5, 5.41) is 3.28. The Morgan fingerprint density at radius 2 is 1.88 bits per heavy atom. The number of anilines is 1. The molecule has 0 saturated heterocycles. The van der Waals surface area contributed by atoms with Gasteiger partial charge in [0, 0.05) is 17.1 Å². The molecule has 0 radical (unpaired) electrons. The Bertz CT molecular complexity index is 771. The first-order valence-corrected chi connectivity index (χ1v) is 8.11. The molecule has 2 rings (SSSR count). The van der Waals surface area contributed by atoms with E-state index in [-0.39, 0.29) is 18.3 Å². The molecule has 0 aromatic heterocycles. The van der Waals surface area contributed by atoms with E-state index in [2.05, 4.69) is 5.32 Å². The molecular formula is C19H20ClNO3. The van der Waals surface area contributed by atoms with Gasteiger partial charge in [0.25, 0.3) is 5.91 Å². The van der Waals surface area contributed by atoms with Gasteiger partial charge in [0.2, 0.25) is 0 Å². The van der Waals surface area contributed by atoms with Gasteiger partial charge in [-0.25, -0.2) is 0 Å². The van der Waals surface area contributed by atoms with Crippen molar-refractivity contribution in [2.24, 2.45) is 0 Å². The summed E-state index contributed by atoms with van der Waals surface area (Å²) in [6.07, 6.45) is 0.339. The largest absolute Gasteiger partial charge is 0.483 e. The van der Waals surface area contributed by atoms with Crippen molar-refractivity contribution in [3.05, 3.63) is 58.1 Å². The van der Waals surface area contributed by atoms with Crippen molar-refractivity contribution < 1.29 is 14.3 Å². The molecule has 1 amide bonds. The smallest absolute Gasteiger partial charge is 0.262 e. The van der Waals surface area contributed by atoms with E-state index in [9.17, 15) is 9.59 Å². The van der Waals surface area contributed by atoms with E-state index >= 15 is 0 Å². The van der Waals surface area contributed by atoms with Crippen LogP contribution in [-0.2, 0) is 4.79 Å². The number of nitrogens with one attached hydrogen (secondary N) is 1. The van der Waals surface area contributed by atoms with E-state index in [0.717, 1.165) is 16.8 Å². The van der Waals surface area contributed by atoms with Crippen molar-refractivity contribution in [2.75, 3.05) is 11.9 Å². The van der Waals surface area contributed by atoms with Gasteiger partial charge in [0.05, 0.1) is 5.56 Å². The van der Waals surface area contributed by atoms with Gasteiger partial charge in [-0.2, -0.15) is 0 Å². The Morgan fingerprint density at radius 3 is 2.58 bits per heavy atom. The van der Waals surface area contributed by atoms with Gasteiger partial charge in [-0.3, -0.25) is 9.59 Å². The maximum absolute atomic E-state index is 12.1. The quantitative estimate of drug-likeness (QED) is 0.780. The van der Waals surface area contributed by atoms with Crippen molar-refractivity contribution in [1.29, 1.82) is 0 Å². The van der Waals surface area contributed by atoms with Gasteiger partial charge in [-0.15, -0.1) is 0 Å².